The van der Waals surface area contributed by atoms with Gasteiger partial charge in [0.05, 0.1) is 26.4 Å². The molecule has 4 heterocycles. The second kappa shape index (κ2) is 8.22. The molecular formula is C28H23N3O5S. The first kappa shape index (κ1) is 22.1. The van der Waals surface area contributed by atoms with Crippen molar-refractivity contribution in [1.82, 2.24) is 9.58 Å². The minimum absolute atomic E-state index is 0.0356. The molecule has 0 saturated carbocycles. The number of pyridine rings is 1. The van der Waals surface area contributed by atoms with Crippen molar-refractivity contribution in [2.75, 3.05) is 31.9 Å². The van der Waals surface area contributed by atoms with E-state index in [-0.39, 0.29) is 24.2 Å². The van der Waals surface area contributed by atoms with Crippen LogP contribution in [0.25, 0.3) is 21.6 Å². The van der Waals surface area contributed by atoms with Crippen molar-refractivity contribution in [3.63, 3.8) is 0 Å². The summed E-state index contributed by atoms with van der Waals surface area (Å²) in [6.07, 6.45) is 1.12. The fraction of sp³-hybridized carbons (Fsp3) is 0.214. The molecule has 37 heavy (non-hydrogen) atoms. The number of benzene rings is 2. The predicted octanol–water partition coefficient (Wildman–Crippen LogP) is 3.81. The molecular weight excluding hydrogens is 490 g/mol. The molecule has 1 fully saturated rings. The number of aromatic nitrogens is 1. The maximum absolute atomic E-state index is 13.6. The van der Waals surface area contributed by atoms with Gasteiger partial charge in [0.2, 0.25) is 5.43 Å². The van der Waals surface area contributed by atoms with Crippen LogP contribution in [0, 0.1) is 0 Å². The Morgan fingerprint density at radius 2 is 1.86 bits per heavy atom. The number of fused-ring (bicyclic) bond motifs is 7. The highest BCUT2D eigenvalue weighted by Gasteiger charge is 2.46. The fourth-order valence-corrected chi connectivity index (χ4v) is 6.83. The average Bonchev–Trinajstić information content (AvgIpc) is 3.38. The summed E-state index contributed by atoms with van der Waals surface area (Å²) in [6, 6.07) is 17.3. The zero-order valence-corrected chi connectivity index (χ0v) is 20.8. The second-order valence-corrected chi connectivity index (χ2v) is 10.1. The van der Waals surface area contributed by atoms with Crippen molar-refractivity contribution < 1.29 is 19.4 Å². The van der Waals surface area contributed by atoms with Gasteiger partial charge >= 0.3 is 0 Å². The van der Waals surface area contributed by atoms with Gasteiger partial charge in [0.15, 0.2) is 11.4 Å². The van der Waals surface area contributed by atoms with Crippen LogP contribution in [-0.4, -0.2) is 53.6 Å². The van der Waals surface area contributed by atoms with Crippen molar-refractivity contribution >= 4 is 17.2 Å². The summed E-state index contributed by atoms with van der Waals surface area (Å²) in [6.45, 7) is 1.03. The van der Waals surface area contributed by atoms with Crippen molar-refractivity contribution in [3.8, 4) is 33.1 Å². The van der Waals surface area contributed by atoms with Gasteiger partial charge in [-0.2, -0.15) is 0 Å². The highest BCUT2D eigenvalue weighted by molar-refractivity contribution is 7.14. The number of ether oxygens (including phenoxy) is 2. The van der Waals surface area contributed by atoms with Gasteiger partial charge < -0.3 is 19.5 Å². The van der Waals surface area contributed by atoms with Gasteiger partial charge in [-0.3, -0.25) is 19.3 Å². The van der Waals surface area contributed by atoms with E-state index in [0.717, 1.165) is 38.4 Å². The molecule has 1 saturated heterocycles. The van der Waals surface area contributed by atoms with Crippen molar-refractivity contribution in [2.45, 2.75) is 12.2 Å². The maximum atomic E-state index is 13.6. The Morgan fingerprint density at radius 3 is 2.73 bits per heavy atom. The largest absolute Gasteiger partial charge is 0.502 e. The lowest BCUT2D eigenvalue weighted by atomic mass is 9.91. The molecule has 1 amide bonds. The number of rotatable bonds is 2. The number of amides is 1. The zero-order chi connectivity index (χ0) is 25.3. The Kier molecular flexibility index (Phi) is 4.92. The van der Waals surface area contributed by atoms with E-state index in [1.807, 2.05) is 24.3 Å². The molecule has 2 aromatic heterocycles. The van der Waals surface area contributed by atoms with E-state index in [4.69, 9.17) is 9.47 Å². The fourth-order valence-electron chi connectivity index (χ4n) is 5.88. The molecule has 2 atom stereocenters. The topological polar surface area (TPSA) is 84.2 Å². The number of hydrogen-bond donors (Lipinski definition) is 1. The van der Waals surface area contributed by atoms with E-state index in [0.29, 0.717) is 13.2 Å². The van der Waals surface area contributed by atoms with Crippen molar-refractivity contribution in [1.29, 1.82) is 0 Å². The third-order valence-corrected chi connectivity index (χ3v) is 8.39. The smallest absolute Gasteiger partial charge is 0.278 e. The second-order valence-electron chi connectivity index (χ2n) is 9.23. The molecule has 0 unspecified atom stereocenters. The Labute approximate surface area is 216 Å². The number of nitrogens with zero attached hydrogens (tertiary/aromatic N) is 3. The van der Waals surface area contributed by atoms with Gasteiger partial charge in [0, 0.05) is 34.8 Å². The lowest BCUT2D eigenvalue weighted by Gasteiger charge is -2.51. The van der Waals surface area contributed by atoms with Crippen LogP contribution in [0.4, 0.5) is 0 Å². The summed E-state index contributed by atoms with van der Waals surface area (Å²) in [5.41, 5.74) is 4.57. The highest BCUT2D eigenvalue weighted by atomic mass is 32.1. The number of carbonyl (C=O) groups is 1. The molecule has 2 aliphatic heterocycles. The Bertz CT molecular complexity index is 1630. The SMILES string of the molecule is COc1cccc2c1-c1ccsc1-c1ccccc1[C@H]2N1[C@@H]2COCCN2C(=O)c2c(O)c(=O)ccn21. The minimum Gasteiger partial charge on any atom is -0.502 e. The first-order valence-corrected chi connectivity index (χ1v) is 12.9. The highest BCUT2D eigenvalue weighted by Crippen LogP contribution is 2.52. The third kappa shape index (κ3) is 3.04. The zero-order valence-electron chi connectivity index (χ0n) is 20.0. The summed E-state index contributed by atoms with van der Waals surface area (Å²) >= 11 is 1.67. The van der Waals surface area contributed by atoms with E-state index in [1.54, 1.807) is 34.2 Å². The van der Waals surface area contributed by atoms with Crippen LogP contribution in [0.2, 0.25) is 0 Å². The van der Waals surface area contributed by atoms with Gasteiger partial charge in [-0.05, 0) is 34.2 Å². The standard InChI is InChI=1S/C28H23N3O5S/c1-35-21-8-4-7-18-23(21)19-10-14-37-27(19)17-6-3-2-5-16(17)24(18)31-22-15-36-13-12-29(22)28(34)25-26(33)20(32)9-11-30(25)31/h2-11,14,22,24,33H,12-13,15H2,1H3/t22-,24-/m1/s1. The van der Waals surface area contributed by atoms with Crippen LogP contribution < -0.4 is 15.2 Å². The van der Waals surface area contributed by atoms with Crippen LogP contribution in [0.15, 0.2) is 71.0 Å². The number of hydrogen-bond acceptors (Lipinski definition) is 7. The third-order valence-electron chi connectivity index (χ3n) is 7.45. The Balaban J connectivity index is 1.59. The van der Waals surface area contributed by atoms with Gasteiger partial charge in [-0.25, -0.2) is 0 Å². The number of carbonyl (C=O) groups excluding carboxylic acids is 1. The van der Waals surface area contributed by atoms with Gasteiger partial charge in [-0.15, -0.1) is 11.3 Å². The Hall–Kier alpha value is -4.08. The molecule has 0 bridgehead atoms. The van der Waals surface area contributed by atoms with Crippen LogP contribution in [0.1, 0.15) is 27.7 Å². The number of thiophene rings is 1. The van der Waals surface area contributed by atoms with E-state index < -0.39 is 17.3 Å². The van der Waals surface area contributed by atoms with Crippen molar-refractivity contribution in [3.05, 3.63) is 93.2 Å². The van der Waals surface area contributed by atoms with Crippen LogP contribution in [0.3, 0.4) is 0 Å². The average molecular weight is 514 g/mol. The lowest BCUT2D eigenvalue weighted by Crippen LogP contribution is -2.66. The first-order valence-electron chi connectivity index (χ1n) is 12.1. The van der Waals surface area contributed by atoms with E-state index in [1.165, 1.54) is 6.07 Å². The molecule has 186 valence electrons. The van der Waals surface area contributed by atoms with E-state index in [2.05, 4.69) is 34.7 Å². The number of morpholine rings is 1. The quantitative estimate of drug-likeness (QED) is 0.439. The molecule has 0 radical (unpaired) electrons. The summed E-state index contributed by atoms with van der Waals surface area (Å²) in [5.74, 6) is -0.177. The van der Waals surface area contributed by atoms with Crippen molar-refractivity contribution in [2.24, 2.45) is 0 Å². The summed E-state index contributed by atoms with van der Waals surface area (Å²) in [7, 11) is 1.67. The van der Waals surface area contributed by atoms with Gasteiger partial charge in [-0.1, -0.05) is 36.4 Å². The Morgan fingerprint density at radius 1 is 1.03 bits per heavy atom. The minimum atomic E-state index is -0.586. The molecule has 3 aliphatic rings. The van der Waals surface area contributed by atoms with Crippen LogP contribution >= 0.6 is 11.3 Å². The summed E-state index contributed by atoms with van der Waals surface area (Å²) < 4.78 is 13.4. The molecule has 1 N–H and O–H groups in total. The maximum Gasteiger partial charge on any atom is 0.278 e. The first-order chi connectivity index (χ1) is 18.1. The lowest BCUT2D eigenvalue weighted by molar-refractivity contribution is -0.0196. The summed E-state index contributed by atoms with van der Waals surface area (Å²) in [5, 5.41) is 14.9. The number of aromatic hydroxyl groups is 1. The molecule has 2 aromatic carbocycles. The molecule has 8 nitrogen and oxygen atoms in total. The van der Waals surface area contributed by atoms with E-state index in [9.17, 15) is 14.7 Å². The van der Waals surface area contributed by atoms with Crippen LogP contribution in [-0.2, 0) is 4.74 Å². The summed E-state index contributed by atoms with van der Waals surface area (Å²) in [4.78, 5) is 28.8. The normalized spacial score (nSPS) is 19.8. The van der Waals surface area contributed by atoms with Gasteiger partial charge in [0.25, 0.3) is 5.91 Å². The predicted molar refractivity (Wildman–Crippen MR) is 140 cm³/mol. The van der Waals surface area contributed by atoms with Gasteiger partial charge in [0.1, 0.15) is 11.9 Å². The molecule has 9 heteroatoms. The van der Waals surface area contributed by atoms with E-state index >= 15 is 0 Å². The molecule has 4 aromatic rings. The molecule has 7 rings (SSSR count). The molecule has 0 spiro atoms. The monoisotopic (exact) mass is 513 g/mol. The molecule has 1 aliphatic carbocycles. The van der Waals surface area contributed by atoms with Crippen LogP contribution in [0.5, 0.6) is 11.5 Å². The number of methoxy groups -OCH3 is 1.